The Balaban J connectivity index is -0.0000000561. The third-order valence-corrected chi connectivity index (χ3v) is 11.5. The second-order valence-corrected chi connectivity index (χ2v) is 17.3. The standard InChI is InChI=1S/C9H13ClNP.C5H4BrN.C5H4N.C4H9Cl2P.C3H7.3ClH.Li.2Mg/c1-9(2,3)12(10)8-6-4-5-7-11-8;6-5-3-1-2-4-7-5;1-2-4-6-5-3-1;1-4(2,3)7(5)6;1-3-2;;;;;;/h4-7H,1-3H3;1-4H;1-4H;1-3H3;3H,1-2H3;3*1H;;;/q;;-1;;-1;;;;+1;2*+2/p-3. The van der Waals surface area contributed by atoms with E-state index in [2.05, 4.69) is 57.8 Å². The van der Waals surface area contributed by atoms with E-state index in [1.165, 1.54) is 0 Å². The minimum atomic E-state index is -0.797. The van der Waals surface area contributed by atoms with Crippen molar-refractivity contribution in [1.29, 1.82) is 0 Å². The van der Waals surface area contributed by atoms with Gasteiger partial charge in [0.25, 0.3) is 0 Å². The number of rotatable bonds is 1. The van der Waals surface area contributed by atoms with Crippen molar-refractivity contribution in [1.82, 2.24) is 15.0 Å². The SMILES string of the molecule is Brc1ccccn1.CC(C)(C)P(Cl)Cl.CC(C)(C)P(Cl)c1ccccn1.C[CH-]C.[Cl-].[Cl-].[Cl-].[Li+].[Mg+2].[Mg+2].[c-]1ccccn1. The maximum atomic E-state index is 6.28. The molecule has 0 aliphatic rings. The third-order valence-electron chi connectivity index (χ3n) is 3.09. The summed E-state index contributed by atoms with van der Waals surface area (Å²) in [4.78, 5) is 11.8. The fraction of sp³-hybridized carbons (Fsp3) is 0.385. The Hall–Kier alpha value is 2.66. The van der Waals surface area contributed by atoms with Gasteiger partial charge in [-0.1, -0.05) is 99.8 Å². The Bertz CT molecular complexity index is 834. The minimum absolute atomic E-state index is 0. The maximum Gasteiger partial charge on any atom is 2.00 e. The number of hydrogen-bond donors (Lipinski definition) is 0. The molecule has 0 bridgehead atoms. The Morgan fingerprint density at radius 2 is 1.15 bits per heavy atom. The summed E-state index contributed by atoms with van der Waals surface area (Å²) >= 11 is 20.7. The van der Waals surface area contributed by atoms with E-state index in [4.69, 9.17) is 33.7 Å². The number of halogens is 7. The molecule has 3 heterocycles. The Morgan fingerprint density at radius 1 is 0.732 bits per heavy atom. The van der Waals surface area contributed by atoms with Gasteiger partial charge in [-0.25, -0.2) is 4.98 Å². The summed E-state index contributed by atoms with van der Waals surface area (Å²) in [6.07, 6.45) is 9.87. The molecule has 3 nitrogen and oxygen atoms in total. The van der Waals surface area contributed by atoms with Gasteiger partial charge in [0, 0.05) is 30.0 Å². The normalized spacial score (nSPS) is 9.49. The average Bonchev–Trinajstić information content (AvgIpc) is 2.81. The van der Waals surface area contributed by atoms with E-state index < -0.39 is 13.9 Å². The van der Waals surface area contributed by atoms with Crippen molar-refractivity contribution in [2.45, 2.75) is 65.7 Å². The Labute approximate surface area is 338 Å². The molecule has 0 saturated heterocycles. The number of hydrogen-bond acceptors (Lipinski definition) is 3. The molecule has 220 valence electrons. The van der Waals surface area contributed by atoms with E-state index >= 15 is 0 Å². The van der Waals surface area contributed by atoms with Gasteiger partial charge in [-0.05, 0) is 40.2 Å². The van der Waals surface area contributed by atoms with Gasteiger partial charge >= 0.3 is 65.0 Å². The van der Waals surface area contributed by atoms with E-state index in [9.17, 15) is 0 Å². The molecule has 0 amide bonds. The van der Waals surface area contributed by atoms with Crippen LogP contribution < -0.4 is 61.5 Å². The van der Waals surface area contributed by atoms with E-state index in [0.717, 1.165) is 10.0 Å². The fourth-order valence-electron chi connectivity index (χ4n) is 1.43. The summed E-state index contributed by atoms with van der Waals surface area (Å²) in [6, 6.07) is 17.1. The van der Waals surface area contributed by atoms with Crippen LogP contribution in [0.15, 0.2) is 77.8 Å². The van der Waals surface area contributed by atoms with Gasteiger partial charge in [0.15, 0.2) is 0 Å². The van der Waals surface area contributed by atoms with Crippen LogP contribution in [0, 0.1) is 12.6 Å². The molecule has 0 N–H and O–H groups in total. The van der Waals surface area contributed by atoms with Gasteiger partial charge in [-0.15, -0.1) is 0 Å². The van der Waals surface area contributed by atoms with Gasteiger partial charge in [0.1, 0.15) is 4.60 Å². The molecule has 3 aromatic heterocycles. The smallest absolute Gasteiger partial charge is 1.00 e. The Morgan fingerprint density at radius 3 is 1.32 bits per heavy atom. The molecule has 41 heavy (non-hydrogen) atoms. The number of nitrogens with zero attached hydrogens (tertiary/aromatic N) is 3. The second kappa shape index (κ2) is 38.8. The van der Waals surface area contributed by atoms with Crippen molar-refractivity contribution in [3.63, 3.8) is 0 Å². The zero-order valence-electron chi connectivity index (χ0n) is 25.3. The van der Waals surface area contributed by atoms with Crippen molar-refractivity contribution in [3.05, 3.63) is 90.4 Å². The minimum Gasteiger partial charge on any atom is -1.00 e. The summed E-state index contributed by atoms with van der Waals surface area (Å²) in [5, 5.41) is 0.226. The molecule has 15 heteroatoms. The van der Waals surface area contributed by atoms with Gasteiger partial charge in [0.2, 0.25) is 0 Å². The molecule has 0 saturated carbocycles. The summed E-state index contributed by atoms with van der Waals surface area (Å²) in [5.74, 6) is 0. The molecular weight excluding hydrogens is 764 g/mol. The topological polar surface area (TPSA) is 38.7 Å². The van der Waals surface area contributed by atoms with Crippen LogP contribution in [0.2, 0.25) is 0 Å². The van der Waals surface area contributed by atoms with Crippen LogP contribution in [-0.2, 0) is 0 Å². The van der Waals surface area contributed by atoms with Crippen molar-refractivity contribution < 1.29 is 56.1 Å². The van der Waals surface area contributed by atoms with Crippen molar-refractivity contribution in [2.75, 3.05) is 0 Å². The first-order chi connectivity index (χ1) is 16.3. The van der Waals surface area contributed by atoms with Crippen LogP contribution in [0.5, 0.6) is 0 Å². The van der Waals surface area contributed by atoms with Gasteiger partial charge in [-0.3, -0.25) is 4.98 Å². The maximum absolute atomic E-state index is 6.28. The van der Waals surface area contributed by atoms with E-state index in [1.807, 2.05) is 89.6 Å². The summed E-state index contributed by atoms with van der Waals surface area (Å²) in [6.45, 7) is 15.7. The molecule has 0 spiro atoms. The van der Waals surface area contributed by atoms with E-state index in [1.54, 1.807) is 24.7 Å². The first-order valence-electron chi connectivity index (χ1n) is 10.8. The predicted octanol–water partition coefficient (Wildman–Crippen LogP) is -2.07. The molecule has 1 atom stereocenters. The van der Waals surface area contributed by atoms with Crippen LogP contribution in [0.4, 0.5) is 0 Å². The summed E-state index contributed by atoms with van der Waals surface area (Å²) in [5.41, 5.74) is 1.02. The molecule has 0 aromatic carbocycles. The number of pyridine rings is 3. The monoisotopic (exact) mass is 797 g/mol. The molecule has 3 aromatic rings. The average molecular weight is 802 g/mol. The van der Waals surface area contributed by atoms with E-state index in [0.29, 0.717) is 0 Å². The molecular formula is C26H37BrCl6LiMg2N3P2. The van der Waals surface area contributed by atoms with Gasteiger partial charge < -0.3 is 48.6 Å². The van der Waals surface area contributed by atoms with E-state index in [-0.39, 0.29) is 112 Å². The molecule has 0 fully saturated rings. The van der Waals surface area contributed by atoms with Crippen molar-refractivity contribution >= 4 is 115 Å². The van der Waals surface area contributed by atoms with Crippen LogP contribution in [-0.4, -0.2) is 71.4 Å². The van der Waals surface area contributed by atoms with Crippen LogP contribution >= 0.6 is 63.6 Å². The molecule has 0 aliphatic heterocycles. The molecule has 0 aliphatic carbocycles. The number of aromatic nitrogens is 3. The predicted molar refractivity (Wildman–Crippen MR) is 177 cm³/mol. The molecule has 3 rings (SSSR count). The zero-order valence-corrected chi connectivity index (χ0v) is 36.0. The summed E-state index contributed by atoms with van der Waals surface area (Å²) < 4.78 is 0.884. The molecule has 1 unspecified atom stereocenters. The van der Waals surface area contributed by atoms with Crippen LogP contribution in [0.3, 0.4) is 0 Å². The fourth-order valence-corrected chi connectivity index (χ4v) is 3.08. The first kappa shape index (κ1) is 62.5. The van der Waals surface area contributed by atoms with Crippen LogP contribution in [0.1, 0.15) is 55.4 Å². The van der Waals surface area contributed by atoms with Crippen LogP contribution in [0.25, 0.3) is 0 Å². The zero-order chi connectivity index (χ0) is 27.3. The summed E-state index contributed by atoms with van der Waals surface area (Å²) in [7, 11) is -0.656. The van der Waals surface area contributed by atoms with Gasteiger partial charge in [-0.2, -0.15) is 32.0 Å². The first-order valence-corrected chi connectivity index (χ1v) is 17.0. The van der Waals surface area contributed by atoms with Crippen molar-refractivity contribution in [3.8, 4) is 0 Å². The Kier molecular flexibility index (Phi) is 59.2. The third kappa shape index (κ3) is 42.7. The van der Waals surface area contributed by atoms with Gasteiger partial charge in [0.05, 0.1) is 12.1 Å². The molecule has 0 radical (unpaired) electrons. The largest absolute Gasteiger partial charge is 2.00 e. The quantitative estimate of drug-likeness (QED) is 0.123. The second-order valence-electron chi connectivity index (χ2n) is 8.73. The van der Waals surface area contributed by atoms with Crippen molar-refractivity contribution in [2.24, 2.45) is 0 Å².